The van der Waals surface area contributed by atoms with E-state index >= 15 is 0 Å². The Morgan fingerprint density at radius 3 is 2.43 bits per heavy atom. The maximum Gasteiger partial charge on any atom is 0.325 e. The largest absolute Gasteiger partial charge is 0.468 e. The van der Waals surface area contributed by atoms with Gasteiger partial charge in [0.05, 0.1) is 13.7 Å². The maximum atomic E-state index is 11.9. The fourth-order valence-corrected chi connectivity index (χ4v) is 2.46. The van der Waals surface area contributed by atoms with E-state index in [4.69, 9.17) is 9.47 Å². The van der Waals surface area contributed by atoms with Gasteiger partial charge in [0.2, 0.25) is 0 Å². The predicted octanol–water partition coefficient (Wildman–Crippen LogP) is 2.06. The number of carbonyl (C=O) groups excluding carboxylic acids is 1. The van der Waals surface area contributed by atoms with Gasteiger partial charge in [-0.25, -0.2) is 0 Å². The Morgan fingerprint density at radius 1 is 1.19 bits per heavy atom. The van der Waals surface area contributed by atoms with E-state index in [9.17, 15) is 4.79 Å². The quantitative estimate of drug-likeness (QED) is 0.417. The molecule has 0 aromatic rings. The van der Waals surface area contributed by atoms with Gasteiger partial charge in [0, 0.05) is 13.2 Å². The van der Waals surface area contributed by atoms with Crippen LogP contribution >= 0.6 is 0 Å². The molecule has 0 aliphatic rings. The highest BCUT2D eigenvalue weighted by molar-refractivity contribution is 5.80. The third-order valence-electron chi connectivity index (χ3n) is 3.81. The molecule has 0 bridgehead atoms. The summed E-state index contributed by atoms with van der Waals surface area (Å²) in [5.74, 6) is -0.173. The molecule has 5 nitrogen and oxygen atoms in total. The van der Waals surface area contributed by atoms with Crippen molar-refractivity contribution < 1.29 is 14.3 Å². The standard InChI is InChI=1S/C16H34N2O3/c1-6-17-16(4,15(19)20-5)11-9-10-12-18(7-2)13-14-21-8-3/h17H,6-14H2,1-5H3. The third kappa shape index (κ3) is 8.39. The monoisotopic (exact) mass is 302 g/mol. The minimum absolute atomic E-state index is 0.173. The number of hydrogen-bond acceptors (Lipinski definition) is 5. The van der Waals surface area contributed by atoms with Crippen LogP contribution in [-0.2, 0) is 14.3 Å². The van der Waals surface area contributed by atoms with E-state index in [-0.39, 0.29) is 5.97 Å². The zero-order valence-corrected chi connectivity index (χ0v) is 14.5. The number of carbonyl (C=O) groups is 1. The smallest absolute Gasteiger partial charge is 0.325 e. The Bertz CT molecular complexity index is 274. The van der Waals surface area contributed by atoms with Gasteiger partial charge in [0.15, 0.2) is 0 Å². The van der Waals surface area contributed by atoms with Crippen LogP contribution < -0.4 is 5.32 Å². The van der Waals surface area contributed by atoms with Crippen molar-refractivity contribution in [1.82, 2.24) is 10.2 Å². The number of nitrogens with zero attached hydrogens (tertiary/aromatic N) is 1. The summed E-state index contributed by atoms with van der Waals surface area (Å²) in [5, 5.41) is 3.25. The molecule has 126 valence electrons. The van der Waals surface area contributed by atoms with E-state index in [1.54, 1.807) is 0 Å². The lowest BCUT2D eigenvalue weighted by Crippen LogP contribution is -2.50. The molecule has 0 aliphatic heterocycles. The van der Waals surface area contributed by atoms with Gasteiger partial charge in [-0.2, -0.15) is 0 Å². The molecule has 1 unspecified atom stereocenters. The molecule has 5 heteroatoms. The fourth-order valence-electron chi connectivity index (χ4n) is 2.46. The van der Waals surface area contributed by atoms with E-state index < -0.39 is 5.54 Å². The van der Waals surface area contributed by atoms with Gasteiger partial charge in [0.1, 0.15) is 5.54 Å². The third-order valence-corrected chi connectivity index (χ3v) is 3.81. The molecular weight excluding hydrogens is 268 g/mol. The zero-order chi connectivity index (χ0) is 16.1. The van der Waals surface area contributed by atoms with Crippen LogP contribution in [0.3, 0.4) is 0 Å². The minimum atomic E-state index is -0.564. The number of ether oxygens (including phenoxy) is 2. The Kier molecular flexibility index (Phi) is 11.6. The van der Waals surface area contributed by atoms with Crippen molar-refractivity contribution in [2.45, 2.75) is 52.5 Å². The van der Waals surface area contributed by atoms with Crippen LogP contribution in [0.4, 0.5) is 0 Å². The molecule has 0 rings (SSSR count). The first kappa shape index (κ1) is 20.3. The second-order valence-electron chi connectivity index (χ2n) is 5.44. The normalized spacial score (nSPS) is 14.2. The molecule has 0 saturated carbocycles. The second-order valence-corrected chi connectivity index (χ2v) is 5.44. The van der Waals surface area contributed by atoms with Crippen molar-refractivity contribution in [1.29, 1.82) is 0 Å². The summed E-state index contributed by atoms with van der Waals surface area (Å²) in [6.45, 7) is 13.5. The number of rotatable bonds is 13. The highest BCUT2D eigenvalue weighted by Gasteiger charge is 2.32. The summed E-state index contributed by atoms with van der Waals surface area (Å²) >= 11 is 0. The Hall–Kier alpha value is -0.650. The van der Waals surface area contributed by atoms with Crippen molar-refractivity contribution in [2.24, 2.45) is 0 Å². The van der Waals surface area contributed by atoms with Crippen molar-refractivity contribution in [2.75, 3.05) is 46.5 Å². The fraction of sp³-hybridized carbons (Fsp3) is 0.938. The molecule has 0 aromatic carbocycles. The number of esters is 1. The lowest BCUT2D eigenvalue weighted by molar-refractivity contribution is -0.148. The van der Waals surface area contributed by atoms with E-state index in [2.05, 4.69) is 17.1 Å². The van der Waals surface area contributed by atoms with E-state index in [1.165, 1.54) is 7.11 Å². The van der Waals surface area contributed by atoms with Gasteiger partial charge in [-0.05, 0) is 52.7 Å². The topological polar surface area (TPSA) is 50.8 Å². The predicted molar refractivity (Wildman–Crippen MR) is 86.6 cm³/mol. The molecule has 0 heterocycles. The van der Waals surface area contributed by atoms with Crippen LogP contribution in [0.15, 0.2) is 0 Å². The van der Waals surface area contributed by atoms with Gasteiger partial charge in [-0.3, -0.25) is 4.79 Å². The number of unbranched alkanes of at least 4 members (excludes halogenated alkanes) is 1. The number of hydrogen-bond donors (Lipinski definition) is 1. The first-order valence-electron chi connectivity index (χ1n) is 8.17. The average Bonchev–Trinajstić information content (AvgIpc) is 2.49. The minimum Gasteiger partial charge on any atom is -0.468 e. The first-order chi connectivity index (χ1) is 10.0. The number of methoxy groups -OCH3 is 1. The van der Waals surface area contributed by atoms with Gasteiger partial charge < -0.3 is 19.7 Å². The molecule has 0 aromatic heterocycles. The van der Waals surface area contributed by atoms with Crippen LogP contribution in [0.5, 0.6) is 0 Å². The Morgan fingerprint density at radius 2 is 1.90 bits per heavy atom. The number of likely N-dealkylation sites (N-methyl/N-ethyl adjacent to an activating group) is 2. The van der Waals surface area contributed by atoms with Crippen LogP contribution in [-0.4, -0.2) is 62.9 Å². The van der Waals surface area contributed by atoms with Crippen molar-refractivity contribution in [3.8, 4) is 0 Å². The molecule has 0 saturated heterocycles. The highest BCUT2D eigenvalue weighted by atomic mass is 16.5. The summed E-state index contributed by atoms with van der Waals surface area (Å²) in [6, 6.07) is 0. The zero-order valence-electron chi connectivity index (χ0n) is 14.5. The lowest BCUT2D eigenvalue weighted by Gasteiger charge is -2.28. The van der Waals surface area contributed by atoms with E-state index in [1.807, 2.05) is 20.8 Å². The van der Waals surface area contributed by atoms with Gasteiger partial charge in [0.25, 0.3) is 0 Å². The van der Waals surface area contributed by atoms with Gasteiger partial charge in [-0.15, -0.1) is 0 Å². The maximum absolute atomic E-state index is 11.9. The summed E-state index contributed by atoms with van der Waals surface area (Å²) in [5.41, 5.74) is -0.564. The number of nitrogens with one attached hydrogen (secondary N) is 1. The molecule has 0 spiro atoms. The first-order valence-corrected chi connectivity index (χ1v) is 8.17. The summed E-state index contributed by atoms with van der Waals surface area (Å²) < 4.78 is 10.3. The van der Waals surface area contributed by atoms with Crippen molar-refractivity contribution in [3.63, 3.8) is 0 Å². The molecule has 0 amide bonds. The molecule has 0 radical (unpaired) electrons. The van der Waals surface area contributed by atoms with Gasteiger partial charge in [-0.1, -0.05) is 13.8 Å². The summed E-state index contributed by atoms with van der Waals surface area (Å²) in [6.07, 6.45) is 2.89. The van der Waals surface area contributed by atoms with Crippen molar-refractivity contribution in [3.05, 3.63) is 0 Å². The average molecular weight is 302 g/mol. The molecular formula is C16H34N2O3. The molecule has 1 atom stereocenters. The Labute approximate surface area is 130 Å². The SMILES string of the molecule is CCNC(C)(CCCCN(CC)CCOCC)C(=O)OC. The lowest BCUT2D eigenvalue weighted by atomic mass is 9.94. The van der Waals surface area contributed by atoms with E-state index in [0.29, 0.717) is 0 Å². The molecule has 0 fully saturated rings. The van der Waals surface area contributed by atoms with E-state index in [0.717, 1.165) is 58.7 Å². The van der Waals surface area contributed by atoms with Crippen molar-refractivity contribution >= 4 is 5.97 Å². The summed E-state index contributed by atoms with van der Waals surface area (Å²) in [7, 11) is 1.45. The summed E-state index contributed by atoms with van der Waals surface area (Å²) in [4.78, 5) is 14.3. The van der Waals surface area contributed by atoms with Crippen LogP contribution in [0.25, 0.3) is 0 Å². The van der Waals surface area contributed by atoms with Crippen LogP contribution in [0.1, 0.15) is 47.0 Å². The van der Waals surface area contributed by atoms with Crippen LogP contribution in [0, 0.1) is 0 Å². The molecule has 21 heavy (non-hydrogen) atoms. The van der Waals surface area contributed by atoms with Crippen LogP contribution in [0.2, 0.25) is 0 Å². The van der Waals surface area contributed by atoms with Gasteiger partial charge >= 0.3 is 5.97 Å². The molecule has 1 N–H and O–H groups in total. The molecule has 0 aliphatic carbocycles. The highest BCUT2D eigenvalue weighted by Crippen LogP contribution is 2.16. The second kappa shape index (κ2) is 12.0. The Balaban J connectivity index is 4.05.